The molecule has 0 aliphatic carbocycles. The van der Waals surface area contributed by atoms with Crippen LogP contribution in [-0.4, -0.2) is 23.6 Å². The minimum atomic E-state index is 1.07. The second-order valence-electron chi connectivity index (χ2n) is 3.87. The van der Waals surface area contributed by atoms with Crippen LogP contribution in [0, 0.1) is 0 Å². The first-order chi connectivity index (χ1) is 7.90. The highest BCUT2D eigenvalue weighted by atomic mass is 14.9. The van der Waals surface area contributed by atoms with Crippen LogP contribution in [0.15, 0.2) is 36.8 Å². The molecule has 1 heterocycles. The molecule has 0 saturated carbocycles. The summed E-state index contributed by atoms with van der Waals surface area (Å²) in [5.74, 6) is 0. The SMILES string of the molecule is CNCCCc1ccc(-c2cnc[nH]2)cc1. The maximum absolute atomic E-state index is 4.02. The number of hydrogen-bond donors (Lipinski definition) is 2. The summed E-state index contributed by atoms with van der Waals surface area (Å²) in [7, 11) is 1.99. The maximum atomic E-state index is 4.02. The van der Waals surface area contributed by atoms with Gasteiger partial charge in [0.2, 0.25) is 0 Å². The Labute approximate surface area is 95.9 Å². The molecule has 0 bridgehead atoms. The van der Waals surface area contributed by atoms with Gasteiger partial charge in [-0.1, -0.05) is 24.3 Å². The number of H-pyrrole nitrogens is 1. The van der Waals surface area contributed by atoms with Crippen molar-refractivity contribution in [3.05, 3.63) is 42.4 Å². The molecule has 0 aliphatic heterocycles. The molecule has 0 saturated heterocycles. The fourth-order valence-electron chi connectivity index (χ4n) is 1.73. The topological polar surface area (TPSA) is 40.7 Å². The normalized spacial score (nSPS) is 10.6. The molecular formula is C13H17N3. The molecule has 1 aromatic carbocycles. The van der Waals surface area contributed by atoms with Crippen LogP contribution in [-0.2, 0) is 6.42 Å². The first kappa shape index (κ1) is 10.9. The molecule has 3 heteroatoms. The largest absolute Gasteiger partial charge is 0.345 e. The Balaban J connectivity index is 2.00. The third-order valence-corrected chi connectivity index (χ3v) is 2.66. The van der Waals surface area contributed by atoms with E-state index in [4.69, 9.17) is 0 Å². The molecule has 0 spiro atoms. The Morgan fingerprint density at radius 1 is 1.25 bits per heavy atom. The molecule has 0 unspecified atom stereocenters. The molecule has 1 aromatic heterocycles. The molecule has 2 N–H and O–H groups in total. The average molecular weight is 215 g/mol. The molecule has 16 heavy (non-hydrogen) atoms. The van der Waals surface area contributed by atoms with Gasteiger partial charge in [-0.05, 0) is 37.6 Å². The van der Waals surface area contributed by atoms with Crippen LogP contribution < -0.4 is 5.32 Å². The molecule has 3 nitrogen and oxygen atoms in total. The van der Waals surface area contributed by atoms with Crippen LogP contribution in [0.4, 0.5) is 0 Å². The number of hydrogen-bond acceptors (Lipinski definition) is 2. The molecule has 2 aromatic rings. The Morgan fingerprint density at radius 3 is 2.69 bits per heavy atom. The van der Waals surface area contributed by atoms with Crippen molar-refractivity contribution in [1.29, 1.82) is 0 Å². The van der Waals surface area contributed by atoms with Crippen molar-refractivity contribution >= 4 is 0 Å². The third kappa shape index (κ3) is 2.70. The standard InChI is InChI=1S/C13H17N3/c1-14-8-2-3-11-4-6-12(7-5-11)13-9-15-10-16-13/h4-7,9-10,14H,2-3,8H2,1H3,(H,15,16). The Kier molecular flexibility index (Phi) is 3.72. The molecular weight excluding hydrogens is 198 g/mol. The zero-order chi connectivity index (χ0) is 11.2. The number of aromatic nitrogens is 2. The first-order valence-corrected chi connectivity index (χ1v) is 5.62. The van der Waals surface area contributed by atoms with E-state index in [1.807, 2.05) is 13.2 Å². The van der Waals surface area contributed by atoms with Crippen molar-refractivity contribution in [2.75, 3.05) is 13.6 Å². The van der Waals surface area contributed by atoms with E-state index in [9.17, 15) is 0 Å². The predicted octanol–water partition coefficient (Wildman–Crippen LogP) is 2.23. The summed E-state index contributed by atoms with van der Waals surface area (Å²) in [6, 6.07) is 8.65. The van der Waals surface area contributed by atoms with E-state index in [0.717, 1.165) is 18.7 Å². The lowest BCUT2D eigenvalue weighted by Gasteiger charge is -2.02. The van der Waals surface area contributed by atoms with Gasteiger partial charge < -0.3 is 10.3 Å². The van der Waals surface area contributed by atoms with Gasteiger partial charge in [0.1, 0.15) is 0 Å². The molecule has 0 radical (unpaired) electrons. The number of nitrogens with one attached hydrogen (secondary N) is 2. The minimum Gasteiger partial charge on any atom is -0.345 e. The van der Waals surface area contributed by atoms with Crippen LogP contribution in [0.5, 0.6) is 0 Å². The van der Waals surface area contributed by atoms with Gasteiger partial charge in [0.25, 0.3) is 0 Å². The van der Waals surface area contributed by atoms with Crippen LogP contribution >= 0.6 is 0 Å². The summed E-state index contributed by atoms with van der Waals surface area (Å²) < 4.78 is 0. The van der Waals surface area contributed by atoms with Gasteiger partial charge in [-0.2, -0.15) is 0 Å². The van der Waals surface area contributed by atoms with Crippen molar-refractivity contribution in [2.45, 2.75) is 12.8 Å². The monoisotopic (exact) mass is 215 g/mol. The summed E-state index contributed by atoms with van der Waals surface area (Å²) >= 11 is 0. The highest BCUT2D eigenvalue weighted by Crippen LogP contribution is 2.16. The van der Waals surface area contributed by atoms with Gasteiger partial charge in [0, 0.05) is 0 Å². The lowest BCUT2D eigenvalue weighted by Crippen LogP contribution is -2.08. The zero-order valence-corrected chi connectivity index (χ0v) is 9.53. The van der Waals surface area contributed by atoms with E-state index >= 15 is 0 Å². The van der Waals surface area contributed by atoms with E-state index < -0.39 is 0 Å². The number of aromatic amines is 1. The fraction of sp³-hybridized carbons (Fsp3) is 0.308. The average Bonchev–Trinajstić information content (AvgIpc) is 2.84. The molecule has 0 atom stereocenters. The second kappa shape index (κ2) is 5.47. The summed E-state index contributed by atoms with van der Waals surface area (Å²) in [4.78, 5) is 7.12. The van der Waals surface area contributed by atoms with Crippen molar-refractivity contribution in [3.63, 3.8) is 0 Å². The minimum absolute atomic E-state index is 1.07. The highest BCUT2D eigenvalue weighted by molar-refractivity contribution is 5.58. The summed E-state index contributed by atoms with van der Waals surface area (Å²) in [5.41, 5.74) is 3.65. The molecule has 0 aliphatic rings. The van der Waals surface area contributed by atoms with E-state index in [0.29, 0.717) is 0 Å². The Morgan fingerprint density at radius 2 is 2.06 bits per heavy atom. The van der Waals surface area contributed by atoms with Crippen molar-refractivity contribution in [2.24, 2.45) is 0 Å². The van der Waals surface area contributed by atoms with Crippen LogP contribution in [0.3, 0.4) is 0 Å². The lowest BCUT2D eigenvalue weighted by molar-refractivity contribution is 0.725. The van der Waals surface area contributed by atoms with Crippen LogP contribution in [0.25, 0.3) is 11.3 Å². The number of benzene rings is 1. The Hall–Kier alpha value is -1.61. The maximum Gasteiger partial charge on any atom is 0.0924 e. The van der Waals surface area contributed by atoms with Gasteiger partial charge in [0.15, 0.2) is 0 Å². The summed E-state index contributed by atoms with van der Waals surface area (Å²) in [5, 5.41) is 3.16. The van der Waals surface area contributed by atoms with Crippen LogP contribution in [0.1, 0.15) is 12.0 Å². The third-order valence-electron chi connectivity index (χ3n) is 2.66. The number of rotatable bonds is 5. The number of imidazole rings is 1. The fourth-order valence-corrected chi connectivity index (χ4v) is 1.73. The second-order valence-corrected chi connectivity index (χ2v) is 3.87. The van der Waals surface area contributed by atoms with Gasteiger partial charge >= 0.3 is 0 Å². The van der Waals surface area contributed by atoms with E-state index in [1.54, 1.807) is 6.33 Å². The van der Waals surface area contributed by atoms with Crippen LogP contribution in [0.2, 0.25) is 0 Å². The lowest BCUT2D eigenvalue weighted by atomic mass is 10.1. The molecule has 0 amide bonds. The first-order valence-electron chi connectivity index (χ1n) is 5.62. The van der Waals surface area contributed by atoms with Crippen molar-refractivity contribution in [3.8, 4) is 11.3 Å². The van der Waals surface area contributed by atoms with E-state index in [2.05, 4.69) is 39.6 Å². The molecule has 84 valence electrons. The van der Waals surface area contributed by atoms with Gasteiger partial charge in [-0.3, -0.25) is 0 Å². The van der Waals surface area contributed by atoms with Crippen molar-refractivity contribution in [1.82, 2.24) is 15.3 Å². The number of nitrogens with zero attached hydrogens (tertiary/aromatic N) is 1. The van der Waals surface area contributed by atoms with E-state index in [-0.39, 0.29) is 0 Å². The number of aryl methyl sites for hydroxylation is 1. The summed E-state index contributed by atoms with van der Waals surface area (Å²) in [6.07, 6.45) is 5.86. The smallest absolute Gasteiger partial charge is 0.0924 e. The van der Waals surface area contributed by atoms with Gasteiger partial charge in [-0.25, -0.2) is 4.98 Å². The molecule has 2 rings (SSSR count). The quantitative estimate of drug-likeness (QED) is 0.751. The predicted molar refractivity (Wildman–Crippen MR) is 66.3 cm³/mol. The van der Waals surface area contributed by atoms with E-state index in [1.165, 1.54) is 17.5 Å². The van der Waals surface area contributed by atoms with Crippen molar-refractivity contribution < 1.29 is 0 Å². The zero-order valence-electron chi connectivity index (χ0n) is 9.53. The van der Waals surface area contributed by atoms with Gasteiger partial charge in [0.05, 0.1) is 18.2 Å². The Bertz CT molecular complexity index is 403. The summed E-state index contributed by atoms with van der Waals surface area (Å²) in [6.45, 7) is 1.07. The van der Waals surface area contributed by atoms with Gasteiger partial charge in [-0.15, -0.1) is 0 Å². The molecule has 0 fully saturated rings. The highest BCUT2D eigenvalue weighted by Gasteiger charge is 1.98.